The molecule has 0 aliphatic carbocycles. The van der Waals surface area contributed by atoms with Crippen molar-refractivity contribution in [3.63, 3.8) is 0 Å². The fourth-order valence-corrected chi connectivity index (χ4v) is 3.02. The molecule has 0 bridgehead atoms. The van der Waals surface area contributed by atoms with Crippen molar-refractivity contribution in [2.24, 2.45) is 0 Å². The number of carbonyl (C=O) groups excluding carboxylic acids is 2. The maximum absolute atomic E-state index is 12.4. The van der Waals surface area contributed by atoms with Gasteiger partial charge in [-0.05, 0) is 36.6 Å². The fraction of sp³-hybridized carbons (Fsp3) is 0.381. The van der Waals surface area contributed by atoms with E-state index in [0.717, 1.165) is 30.5 Å². The number of benzene rings is 1. The molecule has 0 spiro atoms. The number of nitrogens with zero attached hydrogens (tertiary/aromatic N) is 2. The van der Waals surface area contributed by atoms with Crippen LogP contribution in [0, 0.1) is 0 Å². The minimum Gasteiger partial charge on any atom is -0.477 e. The Morgan fingerprint density at radius 2 is 2.07 bits per heavy atom. The van der Waals surface area contributed by atoms with Gasteiger partial charge in [-0.3, -0.25) is 9.59 Å². The van der Waals surface area contributed by atoms with Gasteiger partial charge in [-0.2, -0.15) is 0 Å². The molecule has 0 radical (unpaired) electrons. The molecule has 0 unspecified atom stereocenters. The summed E-state index contributed by atoms with van der Waals surface area (Å²) in [5.41, 5.74) is 2.47. The van der Waals surface area contributed by atoms with E-state index in [1.54, 1.807) is 18.3 Å². The minimum absolute atomic E-state index is 0.149. The molecule has 1 fully saturated rings. The summed E-state index contributed by atoms with van der Waals surface area (Å²) >= 11 is 0. The van der Waals surface area contributed by atoms with E-state index in [1.807, 2.05) is 36.1 Å². The number of likely N-dealkylation sites (tertiary alicyclic amines) is 1. The number of rotatable bonds is 8. The molecule has 1 N–H and O–H groups in total. The molecule has 6 nitrogen and oxygen atoms in total. The Labute approximate surface area is 159 Å². The number of aromatic nitrogens is 1. The van der Waals surface area contributed by atoms with Gasteiger partial charge in [-0.1, -0.05) is 25.1 Å². The van der Waals surface area contributed by atoms with Gasteiger partial charge in [0.05, 0.1) is 6.61 Å². The summed E-state index contributed by atoms with van der Waals surface area (Å²) in [6, 6.07) is 11.1. The fourth-order valence-electron chi connectivity index (χ4n) is 3.02. The normalized spacial score (nSPS) is 13.7. The number of ether oxygens (including phenoxy) is 1. The Balaban J connectivity index is 1.56. The monoisotopic (exact) mass is 367 g/mol. The van der Waals surface area contributed by atoms with E-state index < -0.39 is 0 Å². The molecule has 6 heteroatoms. The molecule has 1 aliphatic rings. The third kappa shape index (κ3) is 5.06. The highest BCUT2D eigenvalue weighted by atomic mass is 16.5. The maximum Gasteiger partial charge on any atom is 0.251 e. The second-order valence-corrected chi connectivity index (χ2v) is 6.61. The van der Waals surface area contributed by atoms with Crippen molar-refractivity contribution in [3.8, 4) is 5.88 Å². The SMILES string of the molecule is CCCOc1ncccc1CNC(=O)c1ccc(CN2CCCC2=O)cc1. The highest BCUT2D eigenvalue weighted by Crippen LogP contribution is 2.16. The predicted molar refractivity (Wildman–Crippen MR) is 102 cm³/mol. The van der Waals surface area contributed by atoms with Gasteiger partial charge in [-0.15, -0.1) is 0 Å². The average Bonchev–Trinajstić information content (AvgIpc) is 3.10. The van der Waals surface area contributed by atoms with Crippen molar-refractivity contribution >= 4 is 11.8 Å². The van der Waals surface area contributed by atoms with E-state index in [4.69, 9.17) is 4.74 Å². The highest BCUT2D eigenvalue weighted by Gasteiger charge is 2.20. The van der Waals surface area contributed by atoms with Crippen LogP contribution in [0.25, 0.3) is 0 Å². The molecule has 0 saturated carbocycles. The second kappa shape index (κ2) is 9.16. The molecular formula is C21H25N3O3. The van der Waals surface area contributed by atoms with Gasteiger partial charge in [-0.25, -0.2) is 4.98 Å². The van der Waals surface area contributed by atoms with E-state index in [1.165, 1.54) is 0 Å². The van der Waals surface area contributed by atoms with Crippen LogP contribution in [0.4, 0.5) is 0 Å². The first kappa shape index (κ1) is 18.9. The first-order valence-electron chi connectivity index (χ1n) is 9.39. The van der Waals surface area contributed by atoms with Gasteiger partial charge in [0.1, 0.15) is 0 Å². The highest BCUT2D eigenvalue weighted by molar-refractivity contribution is 5.94. The third-order valence-electron chi connectivity index (χ3n) is 4.49. The van der Waals surface area contributed by atoms with E-state index in [9.17, 15) is 9.59 Å². The molecule has 1 aromatic carbocycles. The van der Waals surface area contributed by atoms with E-state index in [-0.39, 0.29) is 11.8 Å². The molecule has 1 saturated heterocycles. The Morgan fingerprint density at radius 3 is 2.78 bits per heavy atom. The smallest absolute Gasteiger partial charge is 0.251 e. The molecule has 2 aromatic rings. The second-order valence-electron chi connectivity index (χ2n) is 6.61. The zero-order valence-electron chi connectivity index (χ0n) is 15.6. The predicted octanol–water partition coefficient (Wildman–Crippen LogP) is 2.92. The Hall–Kier alpha value is -2.89. The zero-order valence-corrected chi connectivity index (χ0v) is 15.6. The van der Waals surface area contributed by atoms with Crippen molar-refractivity contribution in [2.45, 2.75) is 39.3 Å². The standard InChI is InChI=1S/C21H25N3O3/c1-2-13-27-21-18(5-3-11-22-21)14-23-20(26)17-9-7-16(8-10-17)15-24-12-4-6-19(24)25/h3,5,7-11H,2,4,6,12-15H2,1H3,(H,23,26). The van der Waals surface area contributed by atoms with Gasteiger partial charge in [0.25, 0.3) is 5.91 Å². The summed E-state index contributed by atoms with van der Waals surface area (Å²) in [4.78, 5) is 30.2. The van der Waals surface area contributed by atoms with Gasteiger partial charge >= 0.3 is 0 Å². The Bertz CT molecular complexity index is 790. The van der Waals surface area contributed by atoms with Crippen molar-refractivity contribution in [1.82, 2.24) is 15.2 Å². The van der Waals surface area contributed by atoms with E-state index >= 15 is 0 Å². The average molecular weight is 367 g/mol. The topological polar surface area (TPSA) is 71.5 Å². The number of amides is 2. The van der Waals surface area contributed by atoms with Crippen molar-refractivity contribution in [1.29, 1.82) is 0 Å². The maximum atomic E-state index is 12.4. The number of pyridine rings is 1. The van der Waals surface area contributed by atoms with E-state index in [0.29, 0.717) is 37.6 Å². The molecule has 3 rings (SSSR count). The number of hydrogen-bond donors (Lipinski definition) is 1. The largest absolute Gasteiger partial charge is 0.477 e. The van der Waals surface area contributed by atoms with Gasteiger partial charge in [0, 0.05) is 43.4 Å². The van der Waals surface area contributed by atoms with Crippen LogP contribution in [0.2, 0.25) is 0 Å². The van der Waals surface area contributed by atoms with Crippen molar-refractivity contribution in [3.05, 3.63) is 59.3 Å². The van der Waals surface area contributed by atoms with Crippen LogP contribution < -0.4 is 10.1 Å². The van der Waals surface area contributed by atoms with Crippen LogP contribution in [0.15, 0.2) is 42.6 Å². The lowest BCUT2D eigenvalue weighted by molar-refractivity contribution is -0.128. The molecule has 2 amide bonds. The van der Waals surface area contributed by atoms with Crippen molar-refractivity contribution in [2.75, 3.05) is 13.2 Å². The molecule has 142 valence electrons. The molecule has 2 heterocycles. The summed E-state index contributed by atoms with van der Waals surface area (Å²) in [7, 11) is 0. The quantitative estimate of drug-likeness (QED) is 0.779. The lowest BCUT2D eigenvalue weighted by atomic mass is 10.1. The number of hydrogen-bond acceptors (Lipinski definition) is 4. The van der Waals surface area contributed by atoms with Gasteiger partial charge in [0.2, 0.25) is 11.8 Å². The first-order chi connectivity index (χ1) is 13.2. The summed E-state index contributed by atoms with van der Waals surface area (Å²) in [5, 5.41) is 2.91. The van der Waals surface area contributed by atoms with E-state index in [2.05, 4.69) is 10.3 Å². The van der Waals surface area contributed by atoms with Crippen LogP contribution in [-0.2, 0) is 17.9 Å². The summed E-state index contributed by atoms with van der Waals surface area (Å²) < 4.78 is 5.62. The lowest BCUT2D eigenvalue weighted by Crippen LogP contribution is -2.24. The molecule has 27 heavy (non-hydrogen) atoms. The summed E-state index contributed by atoms with van der Waals surface area (Å²) in [6.45, 7) is 4.41. The van der Waals surface area contributed by atoms with Crippen LogP contribution in [0.1, 0.15) is 47.7 Å². The lowest BCUT2D eigenvalue weighted by Gasteiger charge is -2.15. The van der Waals surface area contributed by atoms with Crippen LogP contribution in [-0.4, -0.2) is 34.8 Å². The molecular weight excluding hydrogens is 342 g/mol. The van der Waals surface area contributed by atoms with Gasteiger partial charge < -0.3 is 15.0 Å². The van der Waals surface area contributed by atoms with Crippen LogP contribution in [0.5, 0.6) is 5.88 Å². The van der Waals surface area contributed by atoms with Crippen LogP contribution >= 0.6 is 0 Å². The summed E-state index contributed by atoms with van der Waals surface area (Å²) in [6.07, 6.45) is 4.15. The van der Waals surface area contributed by atoms with Crippen molar-refractivity contribution < 1.29 is 14.3 Å². The Kier molecular flexibility index (Phi) is 6.41. The molecule has 0 atom stereocenters. The van der Waals surface area contributed by atoms with Crippen LogP contribution in [0.3, 0.4) is 0 Å². The summed E-state index contributed by atoms with van der Waals surface area (Å²) in [5.74, 6) is 0.615. The Morgan fingerprint density at radius 1 is 1.26 bits per heavy atom. The zero-order chi connectivity index (χ0) is 19.1. The molecule has 1 aliphatic heterocycles. The number of nitrogens with one attached hydrogen (secondary N) is 1. The van der Waals surface area contributed by atoms with Gasteiger partial charge in [0.15, 0.2) is 0 Å². The minimum atomic E-state index is -0.149. The molecule has 1 aromatic heterocycles. The number of carbonyl (C=O) groups is 2. The first-order valence-corrected chi connectivity index (χ1v) is 9.39. The third-order valence-corrected chi connectivity index (χ3v) is 4.49.